The van der Waals surface area contributed by atoms with Gasteiger partial charge in [0.15, 0.2) is 5.96 Å². The summed E-state index contributed by atoms with van der Waals surface area (Å²) in [5.41, 5.74) is 0. The molecule has 2 bridgehead atoms. The number of hydrogen-bond donors (Lipinski definition) is 2. The fraction of sp³-hybridized carbons (Fsp3) is 0.611. The van der Waals surface area contributed by atoms with E-state index < -0.39 is 0 Å². The predicted molar refractivity (Wildman–Crippen MR) is 112 cm³/mol. The smallest absolute Gasteiger partial charge is 0.191 e. The largest absolute Gasteiger partial charge is 0.489 e. The van der Waals surface area contributed by atoms with Crippen LogP contribution < -0.4 is 15.4 Å². The van der Waals surface area contributed by atoms with Crippen molar-refractivity contribution in [2.75, 3.05) is 13.1 Å². The van der Waals surface area contributed by atoms with Gasteiger partial charge in [-0.2, -0.15) is 0 Å². The van der Waals surface area contributed by atoms with Gasteiger partial charge in [-0.15, -0.1) is 24.0 Å². The molecule has 1 aromatic carbocycles. The summed E-state index contributed by atoms with van der Waals surface area (Å²) in [5.74, 6) is 1.60. The molecule has 0 aromatic heterocycles. The quantitative estimate of drug-likeness (QED) is 0.372. The molecule has 5 nitrogen and oxygen atoms in total. The Bertz CT molecular complexity index is 587. The molecular formula is C18H27ClIN3O2. The molecule has 2 fully saturated rings. The van der Waals surface area contributed by atoms with Gasteiger partial charge in [0.2, 0.25) is 0 Å². The topological polar surface area (TPSA) is 54.9 Å². The second-order valence-corrected chi connectivity index (χ2v) is 6.90. The number of hydrogen-bond acceptors (Lipinski definition) is 3. The molecule has 4 unspecified atom stereocenters. The van der Waals surface area contributed by atoms with Gasteiger partial charge in [0.25, 0.3) is 0 Å². The lowest BCUT2D eigenvalue weighted by molar-refractivity contribution is 0.0992. The van der Waals surface area contributed by atoms with Crippen molar-refractivity contribution in [1.29, 1.82) is 0 Å². The van der Waals surface area contributed by atoms with Gasteiger partial charge in [-0.25, -0.2) is 4.99 Å². The molecule has 0 amide bonds. The predicted octanol–water partition coefficient (Wildman–Crippen LogP) is 3.60. The van der Waals surface area contributed by atoms with Crippen LogP contribution in [0, 0.1) is 0 Å². The SMILES string of the molecule is CCNC(=NCC(C)Oc1cccc(Cl)c1)NC1CC2CCC1O2.I. The monoisotopic (exact) mass is 479 g/mol. The second-order valence-electron chi connectivity index (χ2n) is 6.47. The van der Waals surface area contributed by atoms with Crippen LogP contribution in [-0.4, -0.2) is 43.4 Å². The Kier molecular flexibility index (Phi) is 8.09. The van der Waals surface area contributed by atoms with Crippen LogP contribution in [0.4, 0.5) is 0 Å². The maximum atomic E-state index is 5.98. The third kappa shape index (κ3) is 5.89. The van der Waals surface area contributed by atoms with E-state index in [-0.39, 0.29) is 30.1 Å². The third-order valence-corrected chi connectivity index (χ3v) is 4.65. The van der Waals surface area contributed by atoms with Crippen molar-refractivity contribution in [3.05, 3.63) is 29.3 Å². The molecule has 0 aliphatic carbocycles. The van der Waals surface area contributed by atoms with Gasteiger partial charge in [0.05, 0.1) is 24.8 Å². The molecular weight excluding hydrogens is 453 g/mol. The number of nitrogens with zero attached hydrogens (tertiary/aromatic N) is 1. The maximum Gasteiger partial charge on any atom is 0.191 e. The Morgan fingerprint density at radius 2 is 2.28 bits per heavy atom. The van der Waals surface area contributed by atoms with Crippen molar-refractivity contribution >= 4 is 41.5 Å². The summed E-state index contributed by atoms with van der Waals surface area (Å²) < 4.78 is 11.8. The average Bonchev–Trinajstić information content (AvgIpc) is 3.15. The summed E-state index contributed by atoms with van der Waals surface area (Å²) in [6.45, 7) is 5.48. The summed E-state index contributed by atoms with van der Waals surface area (Å²) in [7, 11) is 0. The molecule has 25 heavy (non-hydrogen) atoms. The Balaban J connectivity index is 0.00000225. The number of rotatable bonds is 6. The maximum absolute atomic E-state index is 5.98. The highest BCUT2D eigenvalue weighted by Crippen LogP contribution is 2.34. The van der Waals surface area contributed by atoms with Crippen molar-refractivity contribution in [3.63, 3.8) is 0 Å². The number of benzene rings is 1. The van der Waals surface area contributed by atoms with Crippen LogP contribution in [0.3, 0.4) is 0 Å². The van der Waals surface area contributed by atoms with Crippen molar-refractivity contribution < 1.29 is 9.47 Å². The van der Waals surface area contributed by atoms with Crippen LogP contribution in [0.25, 0.3) is 0 Å². The van der Waals surface area contributed by atoms with E-state index in [1.165, 1.54) is 6.42 Å². The van der Waals surface area contributed by atoms with Gasteiger partial charge < -0.3 is 20.1 Å². The Labute approximate surface area is 171 Å². The minimum Gasteiger partial charge on any atom is -0.489 e. The second kappa shape index (κ2) is 9.83. The molecule has 2 aliphatic heterocycles. The minimum atomic E-state index is -0.0322. The zero-order chi connectivity index (χ0) is 16.9. The van der Waals surface area contributed by atoms with Crippen LogP contribution >= 0.6 is 35.6 Å². The summed E-state index contributed by atoms with van der Waals surface area (Å²) in [4.78, 5) is 4.66. The van der Waals surface area contributed by atoms with Crippen LogP contribution in [0.15, 0.2) is 29.3 Å². The number of aliphatic imine (C=N–C) groups is 1. The lowest BCUT2D eigenvalue weighted by Gasteiger charge is -2.23. The van der Waals surface area contributed by atoms with Crippen LogP contribution in [0.5, 0.6) is 5.75 Å². The van der Waals surface area contributed by atoms with E-state index in [0.29, 0.717) is 29.8 Å². The zero-order valence-electron chi connectivity index (χ0n) is 14.7. The molecule has 2 heterocycles. The first-order valence-electron chi connectivity index (χ1n) is 8.76. The van der Waals surface area contributed by atoms with Gasteiger partial charge in [-0.3, -0.25) is 0 Å². The normalized spacial score (nSPS) is 26.0. The fourth-order valence-corrected chi connectivity index (χ4v) is 3.50. The molecule has 0 radical (unpaired) electrons. The standard InChI is InChI=1S/C18H26ClN3O2.HI/c1-3-20-18(22-16-10-15-7-8-17(16)24-15)21-11-12(2)23-14-6-4-5-13(19)9-14;/h4-6,9,12,15-17H,3,7-8,10-11H2,1-2H3,(H2,20,21,22);1H. The first-order valence-corrected chi connectivity index (χ1v) is 9.14. The number of guanidine groups is 1. The summed E-state index contributed by atoms with van der Waals surface area (Å²) in [5, 5.41) is 7.49. The molecule has 2 N–H and O–H groups in total. The summed E-state index contributed by atoms with van der Waals surface area (Å²) >= 11 is 5.98. The fourth-order valence-electron chi connectivity index (χ4n) is 3.32. The Morgan fingerprint density at radius 3 is 2.92 bits per heavy atom. The van der Waals surface area contributed by atoms with E-state index >= 15 is 0 Å². The van der Waals surface area contributed by atoms with Crippen LogP contribution in [-0.2, 0) is 4.74 Å². The average molecular weight is 480 g/mol. The van der Waals surface area contributed by atoms with Gasteiger partial charge in [-0.05, 0) is 51.3 Å². The van der Waals surface area contributed by atoms with Crippen molar-refractivity contribution in [2.24, 2.45) is 4.99 Å². The van der Waals surface area contributed by atoms with E-state index in [1.54, 1.807) is 0 Å². The lowest BCUT2D eigenvalue weighted by Crippen LogP contribution is -2.47. The first kappa shape index (κ1) is 20.6. The summed E-state index contributed by atoms with van der Waals surface area (Å²) in [6.07, 6.45) is 4.15. The van der Waals surface area contributed by atoms with Crippen molar-refractivity contribution in [2.45, 2.75) is 57.5 Å². The van der Waals surface area contributed by atoms with Crippen molar-refractivity contribution in [1.82, 2.24) is 10.6 Å². The number of nitrogens with one attached hydrogen (secondary N) is 2. The van der Waals surface area contributed by atoms with Crippen molar-refractivity contribution in [3.8, 4) is 5.75 Å². The summed E-state index contributed by atoms with van der Waals surface area (Å²) in [6, 6.07) is 7.81. The number of fused-ring (bicyclic) bond motifs is 2. The van der Waals surface area contributed by atoms with E-state index in [2.05, 4.69) is 22.5 Å². The van der Waals surface area contributed by atoms with E-state index in [1.807, 2.05) is 31.2 Å². The van der Waals surface area contributed by atoms with Crippen LogP contribution in [0.1, 0.15) is 33.1 Å². The van der Waals surface area contributed by atoms with E-state index in [0.717, 1.165) is 31.1 Å². The molecule has 0 saturated carbocycles. The number of halogens is 2. The third-order valence-electron chi connectivity index (χ3n) is 4.41. The molecule has 0 spiro atoms. The first-order chi connectivity index (χ1) is 11.6. The van der Waals surface area contributed by atoms with Crippen LogP contribution in [0.2, 0.25) is 5.02 Å². The van der Waals surface area contributed by atoms with Gasteiger partial charge in [0.1, 0.15) is 11.9 Å². The highest BCUT2D eigenvalue weighted by Gasteiger charge is 2.41. The molecule has 1 aromatic rings. The van der Waals surface area contributed by atoms with Gasteiger partial charge in [-0.1, -0.05) is 17.7 Å². The molecule has 140 valence electrons. The highest BCUT2D eigenvalue weighted by atomic mass is 127. The molecule has 2 saturated heterocycles. The Hall–Kier alpha value is -0.730. The van der Waals surface area contributed by atoms with E-state index in [4.69, 9.17) is 21.1 Å². The highest BCUT2D eigenvalue weighted by molar-refractivity contribution is 14.0. The Morgan fingerprint density at radius 1 is 1.44 bits per heavy atom. The number of ether oxygens (including phenoxy) is 2. The molecule has 2 aliphatic rings. The molecule has 7 heteroatoms. The molecule has 3 rings (SSSR count). The van der Waals surface area contributed by atoms with Gasteiger partial charge in [0, 0.05) is 11.6 Å². The van der Waals surface area contributed by atoms with Gasteiger partial charge >= 0.3 is 0 Å². The molecule has 4 atom stereocenters. The minimum absolute atomic E-state index is 0. The zero-order valence-corrected chi connectivity index (χ0v) is 17.8. The van der Waals surface area contributed by atoms with E-state index in [9.17, 15) is 0 Å². The lowest BCUT2D eigenvalue weighted by atomic mass is 9.96.